The Bertz CT molecular complexity index is 6.35. The fraction of sp³-hybridized carbons (Fsp3) is 1.00. The van der Waals surface area contributed by atoms with Crippen LogP contribution >= 0.6 is 0 Å². The van der Waals surface area contributed by atoms with Crippen LogP contribution in [0, 0.1) is 0 Å². The average Bonchev–Trinajstić information content (AvgIpc) is 1.37. The van der Waals surface area contributed by atoms with Crippen molar-refractivity contribution < 1.29 is 4.74 Å². The van der Waals surface area contributed by atoms with Gasteiger partial charge in [-0.3, -0.25) is 0 Å². The zero-order chi connectivity index (χ0) is 3.41. The maximum Gasteiger partial charge on any atom is 0.0433 e. The van der Waals surface area contributed by atoms with Crippen LogP contribution in [0.3, 0.4) is 0 Å². The lowest BCUT2D eigenvalue weighted by molar-refractivity contribution is 0.215. The molecular formula is C7H24O. The smallest absolute Gasteiger partial charge is 0.0433 e. The van der Waals surface area contributed by atoms with Crippen molar-refractivity contribution in [2.24, 2.45) is 0 Å². The van der Waals surface area contributed by atoms with E-state index < -0.39 is 0 Å². The minimum Gasteiger partial charge on any atom is -0.385 e. The van der Waals surface area contributed by atoms with Gasteiger partial charge < -0.3 is 4.74 Å². The van der Waals surface area contributed by atoms with Gasteiger partial charge in [0.05, 0.1) is 0 Å². The number of rotatable bonds is 1. The summed E-state index contributed by atoms with van der Waals surface area (Å²) in [5, 5.41) is 0. The van der Waals surface area contributed by atoms with E-state index in [9.17, 15) is 0 Å². The Morgan fingerprint density at radius 3 is 1.12 bits per heavy atom. The van der Waals surface area contributed by atoms with Gasteiger partial charge >= 0.3 is 0 Å². The average molecular weight is 124 g/mol. The van der Waals surface area contributed by atoms with Crippen molar-refractivity contribution in [3.63, 3.8) is 0 Å². The van der Waals surface area contributed by atoms with E-state index in [4.69, 9.17) is 0 Å². The third-order valence-electron chi connectivity index (χ3n) is 0.289. The van der Waals surface area contributed by atoms with Crippen LogP contribution in [0.25, 0.3) is 0 Å². The molecule has 0 aromatic carbocycles. The second-order valence-corrected chi connectivity index (χ2v) is 0.577. The minimum atomic E-state index is 0. The molecule has 1 heteroatoms. The molecule has 0 aromatic rings. The zero-order valence-electron chi connectivity index (χ0n) is 3.12. The molecule has 0 aliphatic rings. The molecule has 58 valence electrons. The molecule has 0 unspecified atom stereocenters. The van der Waals surface area contributed by atoms with Crippen LogP contribution in [0.15, 0.2) is 0 Å². The predicted molar refractivity (Wildman–Crippen MR) is 44.5 cm³/mol. The Balaban J connectivity index is -0.00000000750. The Labute approximate surface area is 56.1 Å². The summed E-state index contributed by atoms with van der Waals surface area (Å²) >= 11 is 0. The van der Waals surface area contributed by atoms with E-state index in [-0.39, 0.29) is 29.7 Å². The Morgan fingerprint density at radius 1 is 1.00 bits per heavy atom. The highest BCUT2D eigenvalue weighted by Crippen LogP contribution is 1.52. The Hall–Kier alpha value is -0.0400. The van der Waals surface area contributed by atoms with Gasteiger partial charge in [0.1, 0.15) is 0 Å². The minimum absolute atomic E-state index is 0. The molecule has 0 N–H and O–H groups in total. The monoisotopic (exact) mass is 124 g/mol. The molecular weight excluding hydrogens is 100 g/mol. The van der Waals surface area contributed by atoms with E-state index in [1.54, 1.807) is 7.11 Å². The quantitative estimate of drug-likeness (QED) is 0.521. The molecule has 0 fully saturated rings. The third kappa shape index (κ3) is 159. The van der Waals surface area contributed by atoms with Crippen LogP contribution in [-0.2, 0) is 4.74 Å². The van der Waals surface area contributed by atoms with Crippen LogP contribution in [-0.4, -0.2) is 13.7 Å². The molecule has 0 rings (SSSR count). The number of hydrogen-bond donors (Lipinski definition) is 0. The third-order valence-corrected chi connectivity index (χ3v) is 0.289. The highest BCUT2D eigenvalue weighted by molar-refractivity contribution is 3.94. The summed E-state index contributed by atoms with van der Waals surface area (Å²) in [5.41, 5.74) is 0. The van der Waals surface area contributed by atoms with E-state index in [0.717, 1.165) is 6.61 Å². The molecule has 0 radical (unpaired) electrons. The fourth-order valence-corrected chi connectivity index (χ4v) is 0. The van der Waals surface area contributed by atoms with Gasteiger partial charge in [0, 0.05) is 13.7 Å². The van der Waals surface area contributed by atoms with Crippen molar-refractivity contribution in [2.45, 2.75) is 36.6 Å². The van der Waals surface area contributed by atoms with Crippen LogP contribution in [0.2, 0.25) is 0 Å². The molecule has 0 spiro atoms. The molecule has 0 aliphatic carbocycles. The van der Waals surface area contributed by atoms with Crippen molar-refractivity contribution in [3.8, 4) is 0 Å². The van der Waals surface area contributed by atoms with Crippen LogP contribution in [0.5, 0.6) is 0 Å². The van der Waals surface area contributed by atoms with Gasteiger partial charge in [-0.1, -0.05) is 29.7 Å². The molecule has 0 aliphatic heterocycles. The van der Waals surface area contributed by atoms with Crippen molar-refractivity contribution in [1.29, 1.82) is 0 Å². The largest absolute Gasteiger partial charge is 0.385 e. The first-order chi connectivity index (χ1) is 1.91. The molecule has 0 aromatic heterocycles. The zero-order valence-corrected chi connectivity index (χ0v) is 3.12. The van der Waals surface area contributed by atoms with Gasteiger partial charge in [-0.25, -0.2) is 0 Å². The highest BCUT2D eigenvalue weighted by Gasteiger charge is 1.51. The lowest BCUT2D eigenvalue weighted by Crippen LogP contribution is -1.73. The number of methoxy groups -OCH3 is 1. The number of ether oxygens (including phenoxy) is 1. The van der Waals surface area contributed by atoms with Crippen molar-refractivity contribution in [2.75, 3.05) is 13.7 Å². The molecule has 0 bridgehead atoms. The summed E-state index contributed by atoms with van der Waals surface area (Å²) in [5.74, 6) is 0. The molecule has 8 heavy (non-hydrogen) atoms. The van der Waals surface area contributed by atoms with Crippen molar-refractivity contribution in [1.82, 2.24) is 0 Å². The first-order valence-corrected chi connectivity index (χ1v) is 1.40. The molecule has 0 heterocycles. The second-order valence-electron chi connectivity index (χ2n) is 0.577. The summed E-state index contributed by atoms with van der Waals surface area (Å²) in [6, 6.07) is 0. The van der Waals surface area contributed by atoms with Gasteiger partial charge in [0.2, 0.25) is 0 Å². The van der Waals surface area contributed by atoms with Gasteiger partial charge in [0.15, 0.2) is 0 Å². The first-order valence-electron chi connectivity index (χ1n) is 1.40. The lowest BCUT2D eigenvalue weighted by Gasteiger charge is -1.76. The van der Waals surface area contributed by atoms with Crippen molar-refractivity contribution >= 4 is 0 Å². The van der Waals surface area contributed by atoms with Gasteiger partial charge in [-0.05, 0) is 6.92 Å². The normalized spacial score (nSPS) is 3.75. The summed E-state index contributed by atoms with van der Waals surface area (Å²) in [6.07, 6.45) is 0. The van der Waals surface area contributed by atoms with Crippen LogP contribution < -0.4 is 0 Å². The summed E-state index contributed by atoms with van der Waals surface area (Å²) < 4.78 is 4.54. The molecule has 0 amide bonds. The molecule has 0 atom stereocenters. The predicted octanol–water partition coefficient (Wildman–Crippen LogP) is 3.20. The highest BCUT2D eigenvalue weighted by atomic mass is 16.5. The molecule has 0 saturated heterocycles. The van der Waals surface area contributed by atoms with Gasteiger partial charge in [-0.2, -0.15) is 0 Å². The SMILES string of the molecule is C.C.C.C.CCOC. The summed E-state index contributed by atoms with van der Waals surface area (Å²) in [4.78, 5) is 0. The van der Waals surface area contributed by atoms with Gasteiger partial charge in [0.25, 0.3) is 0 Å². The summed E-state index contributed by atoms with van der Waals surface area (Å²) in [6.45, 7) is 2.78. The first kappa shape index (κ1) is 44.0. The summed E-state index contributed by atoms with van der Waals surface area (Å²) in [7, 11) is 1.68. The maximum absolute atomic E-state index is 4.54. The Kier molecular flexibility index (Phi) is 354. The fourth-order valence-electron chi connectivity index (χ4n) is 0. The second kappa shape index (κ2) is 64.4. The number of hydrogen-bond acceptors (Lipinski definition) is 1. The topological polar surface area (TPSA) is 9.23 Å². The van der Waals surface area contributed by atoms with E-state index in [1.807, 2.05) is 6.92 Å². The lowest BCUT2D eigenvalue weighted by atomic mass is 10.9. The standard InChI is InChI=1S/C3H8O.4CH4/c1-3-4-2;;;;/h3H2,1-2H3;4*1H4. The van der Waals surface area contributed by atoms with Gasteiger partial charge in [-0.15, -0.1) is 0 Å². The Morgan fingerprint density at radius 2 is 1.12 bits per heavy atom. The molecule has 0 saturated carbocycles. The van der Waals surface area contributed by atoms with Crippen LogP contribution in [0.4, 0.5) is 0 Å². The van der Waals surface area contributed by atoms with E-state index in [1.165, 1.54) is 0 Å². The maximum atomic E-state index is 4.54. The van der Waals surface area contributed by atoms with E-state index in [2.05, 4.69) is 4.74 Å². The van der Waals surface area contributed by atoms with E-state index in [0.29, 0.717) is 0 Å². The molecule has 1 nitrogen and oxygen atoms in total. The van der Waals surface area contributed by atoms with Crippen LogP contribution in [0.1, 0.15) is 36.6 Å². The van der Waals surface area contributed by atoms with E-state index >= 15 is 0 Å². The van der Waals surface area contributed by atoms with Crippen molar-refractivity contribution in [3.05, 3.63) is 0 Å².